The number of piperidine rings is 1. The van der Waals surface area contributed by atoms with E-state index in [1.165, 1.54) is 4.31 Å². The van der Waals surface area contributed by atoms with E-state index in [4.69, 9.17) is 0 Å². The molecule has 1 heterocycles. The molecule has 0 aromatic heterocycles. The van der Waals surface area contributed by atoms with E-state index in [0.717, 1.165) is 13.4 Å². The molecule has 1 rings (SSSR count). The second-order valence-electron chi connectivity index (χ2n) is 4.72. The van der Waals surface area contributed by atoms with Crippen LogP contribution in [0.1, 0.15) is 12.8 Å². The fourth-order valence-electron chi connectivity index (χ4n) is 2.01. The molecule has 20 heavy (non-hydrogen) atoms. The lowest BCUT2D eigenvalue weighted by Gasteiger charge is -2.29. The molecule has 1 unspecified atom stereocenters. The number of hydrogen-bond donors (Lipinski definition) is 2. The lowest BCUT2D eigenvalue weighted by atomic mass is 9.97. The van der Waals surface area contributed by atoms with Crippen LogP contribution in [0.3, 0.4) is 0 Å². The predicted octanol–water partition coefficient (Wildman–Crippen LogP) is -1.69. The second-order valence-corrected chi connectivity index (χ2v) is 6.70. The number of nitrogens with one attached hydrogen (secondary N) is 1. The van der Waals surface area contributed by atoms with Gasteiger partial charge < -0.3 is 15.2 Å². The molecule has 0 aromatic rings. The van der Waals surface area contributed by atoms with Gasteiger partial charge in [-0.1, -0.05) is 0 Å². The van der Waals surface area contributed by atoms with Gasteiger partial charge in [0.05, 0.1) is 19.9 Å². The predicted molar refractivity (Wildman–Crippen MR) is 70.2 cm³/mol. The quantitative estimate of drug-likeness (QED) is 0.586. The summed E-state index contributed by atoms with van der Waals surface area (Å²) in [5.74, 6) is -1.41. The Balaban J connectivity index is 2.38. The number of aliphatic hydroxyl groups excluding tert-OH is 1. The fraction of sp³-hybridized carbons (Fsp3) is 0.818. The van der Waals surface area contributed by atoms with Gasteiger partial charge in [-0.2, -0.15) is 0 Å². The number of nitrogens with zero attached hydrogens (tertiary/aromatic N) is 1. The molecule has 9 heteroatoms. The molecular weight excluding hydrogens is 288 g/mol. The van der Waals surface area contributed by atoms with Crippen LogP contribution < -0.4 is 5.32 Å². The van der Waals surface area contributed by atoms with Crippen molar-refractivity contribution < 1.29 is 27.9 Å². The van der Waals surface area contributed by atoms with Crippen LogP contribution >= 0.6 is 0 Å². The molecule has 1 saturated heterocycles. The van der Waals surface area contributed by atoms with Crippen LogP contribution in [-0.4, -0.2) is 68.8 Å². The number of carbonyl (C=O) groups excluding carboxylic acids is 2. The third-order valence-corrected chi connectivity index (χ3v) is 4.54. The second kappa shape index (κ2) is 7.00. The van der Waals surface area contributed by atoms with E-state index in [9.17, 15) is 23.1 Å². The maximum atomic E-state index is 11.8. The minimum absolute atomic E-state index is 0.211. The number of methoxy groups -OCH3 is 1. The SMILES string of the molecule is COC(=O)C(O)CNC(=O)C1CCN(S(C)(=O)=O)CC1. The molecule has 0 aliphatic carbocycles. The van der Waals surface area contributed by atoms with Crippen LogP contribution in [0.2, 0.25) is 0 Å². The Morgan fingerprint density at radius 1 is 1.40 bits per heavy atom. The Morgan fingerprint density at radius 2 is 1.95 bits per heavy atom. The van der Waals surface area contributed by atoms with E-state index in [1.807, 2.05) is 0 Å². The first-order valence-electron chi connectivity index (χ1n) is 6.24. The van der Waals surface area contributed by atoms with Gasteiger partial charge in [0.1, 0.15) is 0 Å². The summed E-state index contributed by atoms with van der Waals surface area (Å²) >= 11 is 0. The van der Waals surface area contributed by atoms with Crippen molar-refractivity contribution in [3.05, 3.63) is 0 Å². The van der Waals surface area contributed by atoms with Gasteiger partial charge in [-0.3, -0.25) is 4.79 Å². The minimum atomic E-state index is -3.21. The molecule has 1 aliphatic heterocycles. The van der Waals surface area contributed by atoms with E-state index in [-0.39, 0.29) is 18.4 Å². The van der Waals surface area contributed by atoms with Crippen molar-refractivity contribution in [1.29, 1.82) is 0 Å². The first kappa shape index (κ1) is 16.9. The van der Waals surface area contributed by atoms with E-state index >= 15 is 0 Å². The van der Waals surface area contributed by atoms with Crippen molar-refractivity contribution in [3.63, 3.8) is 0 Å². The van der Waals surface area contributed by atoms with Gasteiger partial charge in [0.25, 0.3) is 0 Å². The fourth-order valence-corrected chi connectivity index (χ4v) is 2.88. The highest BCUT2D eigenvalue weighted by Crippen LogP contribution is 2.19. The van der Waals surface area contributed by atoms with E-state index in [2.05, 4.69) is 10.1 Å². The molecule has 1 aliphatic rings. The summed E-state index contributed by atoms with van der Waals surface area (Å²) in [6.45, 7) is 0.394. The molecule has 8 nitrogen and oxygen atoms in total. The van der Waals surface area contributed by atoms with Crippen LogP contribution in [-0.2, 0) is 24.3 Å². The molecule has 1 fully saturated rings. The number of carbonyl (C=O) groups is 2. The molecule has 1 amide bonds. The highest BCUT2D eigenvalue weighted by Gasteiger charge is 2.29. The molecule has 0 bridgehead atoms. The van der Waals surface area contributed by atoms with E-state index < -0.39 is 22.1 Å². The van der Waals surface area contributed by atoms with Crippen LogP contribution in [0.25, 0.3) is 0 Å². The van der Waals surface area contributed by atoms with Crippen LogP contribution in [0.5, 0.6) is 0 Å². The third kappa shape index (κ3) is 4.73. The summed E-state index contributed by atoms with van der Waals surface area (Å²) in [6, 6.07) is 0. The van der Waals surface area contributed by atoms with Crippen LogP contribution in [0.4, 0.5) is 0 Å². The average molecular weight is 308 g/mol. The number of hydrogen-bond acceptors (Lipinski definition) is 6. The summed E-state index contributed by atoms with van der Waals surface area (Å²) < 4.78 is 28.3. The normalized spacial score (nSPS) is 19.4. The number of sulfonamides is 1. The molecule has 116 valence electrons. The van der Waals surface area contributed by atoms with E-state index in [1.54, 1.807) is 0 Å². The maximum absolute atomic E-state index is 11.8. The Hall–Kier alpha value is -1.19. The van der Waals surface area contributed by atoms with Gasteiger partial charge >= 0.3 is 5.97 Å². The zero-order valence-corrected chi connectivity index (χ0v) is 12.4. The monoisotopic (exact) mass is 308 g/mol. The number of esters is 1. The number of aliphatic hydroxyl groups is 1. The van der Waals surface area contributed by atoms with Gasteiger partial charge in [0.15, 0.2) is 6.10 Å². The molecule has 0 radical (unpaired) electrons. The molecule has 0 saturated carbocycles. The van der Waals surface area contributed by atoms with Gasteiger partial charge in [-0.05, 0) is 12.8 Å². The lowest BCUT2D eigenvalue weighted by Crippen LogP contribution is -2.45. The van der Waals surface area contributed by atoms with Crippen molar-refractivity contribution in [2.24, 2.45) is 5.92 Å². The topological polar surface area (TPSA) is 113 Å². The number of ether oxygens (including phenoxy) is 1. The highest BCUT2D eigenvalue weighted by molar-refractivity contribution is 7.88. The summed E-state index contributed by atoms with van der Waals surface area (Å²) in [7, 11) is -2.07. The smallest absolute Gasteiger partial charge is 0.336 e. The molecule has 2 N–H and O–H groups in total. The Kier molecular flexibility index (Phi) is 5.90. The Morgan fingerprint density at radius 3 is 2.40 bits per heavy atom. The first-order valence-corrected chi connectivity index (χ1v) is 8.09. The largest absolute Gasteiger partial charge is 0.467 e. The molecule has 1 atom stereocenters. The Labute approximate surface area is 118 Å². The summed E-state index contributed by atoms with van der Waals surface area (Å²) in [4.78, 5) is 22.8. The number of amides is 1. The zero-order chi connectivity index (χ0) is 15.3. The van der Waals surface area contributed by atoms with Crippen molar-refractivity contribution in [1.82, 2.24) is 9.62 Å². The number of rotatable bonds is 5. The molecular formula is C11H20N2O6S. The molecule has 0 aromatic carbocycles. The van der Waals surface area contributed by atoms with E-state index in [0.29, 0.717) is 25.9 Å². The standard InChI is InChI=1S/C11H20N2O6S/c1-19-11(16)9(14)7-12-10(15)8-3-5-13(6-4-8)20(2,17)18/h8-9,14H,3-7H2,1-2H3,(H,12,15). The maximum Gasteiger partial charge on any atom is 0.336 e. The summed E-state index contributed by atoms with van der Waals surface area (Å²) in [5, 5.41) is 11.8. The van der Waals surface area contributed by atoms with Gasteiger partial charge in [0, 0.05) is 19.0 Å². The zero-order valence-electron chi connectivity index (χ0n) is 11.5. The van der Waals surface area contributed by atoms with Crippen molar-refractivity contribution >= 4 is 21.9 Å². The summed E-state index contributed by atoms with van der Waals surface area (Å²) in [5.41, 5.74) is 0. The molecule has 0 spiro atoms. The van der Waals surface area contributed by atoms with Crippen molar-refractivity contribution in [2.75, 3.05) is 33.0 Å². The Bertz CT molecular complexity index is 456. The lowest BCUT2D eigenvalue weighted by molar-refractivity contribution is -0.150. The third-order valence-electron chi connectivity index (χ3n) is 3.24. The van der Waals surface area contributed by atoms with Crippen molar-refractivity contribution in [3.8, 4) is 0 Å². The van der Waals surface area contributed by atoms with Gasteiger partial charge in [0.2, 0.25) is 15.9 Å². The average Bonchev–Trinajstić information content (AvgIpc) is 2.42. The van der Waals surface area contributed by atoms with Gasteiger partial charge in [-0.25, -0.2) is 17.5 Å². The first-order chi connectivity index (χ1) is 9.25. The van der Waals surface area contributed by atoms with Crippen molar-refractivity contribution in [2.45, 2.75) is 18.9 Å². The van der Waals surface area contributed by atoms with Crippen LogP contribution in [0, 0.1) is 5.92 Å². The highest BCUT2D eigenvalue weighted by atomic mass is 32.2. The van der Waals surface area contributed by atoms with Crippen LogP contribution in [0.15, 0.2) is 0 Å². The summed E-state index contributed by atoms with van der Waals surface area (Å²) in [6.07, 6.45) is 0.598. The van der Waals surface area contributed by atoms with Gasteiger partial charge in [-0.15, -0.1) is 0 Å². The minimum Gasteiger partial charge on any atom is -0.467 e.